The number of nitrogens with zero attached hydrogens (tertiary/aromatic N) is 1. The van der Waals surface area contributed by atoms with Crippen molar-refractivity contribution >= 4 is 0 Å². The van der Waals surface area contributed by atoms with Gasteiger partial charge in [-0.25, -0.2) is 4.98 Å². The maximum Gasteiger partial charge on any atom is 0.218 e. The summed E-state index contributed by atoms with van der Waals surface area (Å²) in [6.45, 7) is 2.95. The third-order valence-electron chi connectivity index (χ3n) is 1.62. The lowest BCUT2D eigenvalue weighted by molar-refractivity contribution is 0.344. The van der Waals surface area contributed by atoms with E-state index in [0.29, 0.717) is 19.0 Å². The van der Waals surface area contributed by atoms with Gasteiger partial charge in [0, 0.05) is 18.3 Å². The van der Waals surface area contributed by atoms with Crippen LogP contribution in [0.2, 0.25) is 0 Å². The molecule has 0 saturated carbocycles. The summed E-state index contributed by atoms with van der Waals surface area (Å²) in [7, 11) is 0. The third kappa shape index (κ3) is 2.87. The van der Waals surface area contributed by atoms with Gasteiger partial charge in [0.2, 0.25) is 5.88 Å². The molecule has 2 N–H and O–H groups in total. The van der Waals surface area contributed by atoms with E-state index in [1.54, 1.807) is 6.20 Å². The molecule has 1 heterocycles. The summed E-state index contributed by atoms with van der Waals surface area (Å²) < 4.78 is 5.39. The second kappa shape index (κ2) is 5.32. The van der Waals surface area contributed by atoms with Crippen LogP contribution in [0.1, 0.15) is 12.5 Å². The first kappa shape index (κ1) is 9.74. The van der Waals surface area contributed by atoms with Crippen molar-refractivity contribution in [2.75, 3.05) is 6.61 Å². The van der Waals surface area contributed by atoms with E-state index in [9.17, 15) is 0 Å². The van der Waals surface area contributed by atoms with Crippen molar-refractivity contribution in [2.45, 2.75) is 13.5 Å². The Labute approximate surface area is 78.2 Å². The van der Waals surface area contributed by atoms with Gasteiger partial charge in [-0.1, -0.05) is 18.2 Å². The molecule has 0 aromatic carbocycles. The molecule has 1 rings (SSSR count). The zero-order valence-electron chi connectivity index (χ0n) is 7.73. The molecule has 0 aliphatic carbocycles. The van der Waals surface area contributed by atoms with Crippen molar-refractivity contribution in [1.82, 2.24) is 4.98 Å². The fourth-order valence-electron chi connectivity index (χ4n) is 0.933. The summed E-state index contributed by atoms with van der Waals surface area (Å²) in [5.41, 5.74) is 6.45. The molecule has 3 nitrogen and oxygen atoms in total. The third-order valence-corrected chi connectivity index (χ3v) is 1.62. The van der Waals surface area contributed by atoms with Crippen LogP contribution in [0.3, 0.4) is 0 Å². The highest BCUT2D eigenvalue weighted by molar-refractivity contribution is 5.25. The van der Waals surface area contributed by atoms with Gasteiger partial charge >= 0.3 is 0 Å². The minimum Gasteiger partial charge on any atom is -0.473 e. The Hall–Kier alpha value is -1.35. The smallest absolute Gasteiger partial charge is 0.218 e. The zero-order valence-corrected chi connectivity index (χ0v) is 7.73. The summed E-state index contributed by atoms with van der Waals surface area (Å²) in [6.07, 6.45) is 5.56. The maximum atomic E-state index is 5.52. The van der Waals surface area contributed by atoms with Gasteiger partial charge in [-0.05, 0) is 13.0 Å². The number of rotatable bonds is 4. The minimum absolute atomic E-state index is 0.457. The van der Waals surface area contributed by atoms with E-state index in [0.717, 1.165) is 5.56 Å². The number of nitrogens with two attached hydrogens (primary N) is 1. The highest BCUT2D eigenvalue weighted by Gasteiger charge is 2.00. The number of hydrogen-bond donors (Lipinski definition) is 1. The largest absolute Gasteiger partial charge is 0.473 e. The minimum atomic E-state index is 0.457. The molecule has 0 saturated heterocycles. The lowest BCUT2D eigenvalue weighted by Gasteiger charge is -2.05. The lowest BCUT2D eigenvalue weighted by Crippen LogP contribution is -2.03. The number of aromatic nitrogens is 1. The van der Waals surface area contributed by atoms with Crippen molar-refractivity contribution in [1.29, 1.82) is 0 Å². The molecule has 1 aromatic heterocycles. The van der Waals surface area contributed by atoms with Crippen molar-refractivity contribution in [2.24, 2.45) is 5.73 Å². The van der Waals surface area contributed by atoms with Gasteiger partial charge in [0.05, 0.1) is 0 Å². The van der Waals surface area contributed by atoms with Crippen LogP contribution in [0, 0.1) is 0 Å². The van der Waals surface area contributed by atoms with Crippen LogP contribution < -0.4 is 10.5 Å². The fraction of sp³-hybridized carbons (Fsp3) is 0.300. The number of pyridine rings is 1. The highest BCUT2D eigenvalue weighted by Crippen LogP contribution is 2.12. The van der Waals surface area contributed by atoms with Crippen molar-refractivity contribution in [3.8, 4) is 5.88 Å². The van der Waals surface area contributed by atoms with Gasteiger partial charge in [-0.15, -0.1) is 0 Å². The van der Waals surface area contributed by atoms with E-state index in [4.69, 9.17) is 10.5 Å². The second-order valence-corrected chi connectivity index (χ2v) is 2.55. The molecular weight excluding hydrogens is 164 g/mol. The molecule has 0 aliphatic rings. The zero-order chi connectivity index (χ0) is 9.52. The summed E-state index contributed by atoms with van der Waals surface area (Å²) >= 11 is 0. The van der Waals surface area contributed by atoms with E-state index in [1.807, 2.05) is 31.2 Å². The average Bonchev–Trinajstić information content (AvgIpc) is 2.19. The quantitative estimate of drug-likeness (QED) is 0.711. The van der Waals surface area contributed by atoms with Gasteiger partial charge in [0.25, 0.3) is 0 Å². The van der Waals surface area contributed by atoms with Gasteiger partial charge in [-0.2, -0.15) is 0 Å². The molecule has 70 valence electrons. The molecular formula is C10H14N2O. The Bertz CT molecular complexity index is 284. The summed E-state index contributed by atoms with van der Waals surface area (Å²) in [4.78, 5) is 4.09. The molecule has 0 aliphatic heterocycles. The molecule has 13 heavy (non-hydrogen) atoms. The fourth-order valence-corrected chi connectivity index (χ4v) is 0.933. The number of allylic oxidation sites excluding steroid dienone is 1. The van der Waals surface area contributed by atoms with Crippen LogP contribution in [0.5, 0.6) is 5.88 Å². The molecule has 0 amide bonds. The standard InChI is InChI=1S/C10H14N2O/c1-2-3-7-13-10-9(8-11)5-4-6-12-10/h2-6H,7-8,11H2,1H3. The van der Waals surface area contributed by atoms with Crippen molar-refractivity contribution < 1.29 is 4.74 Å². The number of hydrogen-bond acceptors (Lipinski definition) is 3. The first-order chi connectivity index (χ1) is 6.38. The SMILES string of the molecule is CC=CCOc1ncccc1CN. The van der Waals surface area contributed by atoms with Crippen LogP contribution in [0.4, 0.5) is 0 Å². The van der Waals surface area contributed by atoms with Gasteiger partial charge in [-0.3, -0.25) is 0 Å². The van der Waals surface area contributed by atoms with Crippen LogP contribution in [-0.2, 0) is 6.54 Å². The summed E-state index contributed by atoms with van der Waals surface area (Å²) in [6, 6.07) is 3.77. The molecule has 0 atom stereocenters. The summed E-state index contributed by atoms with van der Waals surface area (Å²) in [5.74, 6) is 0.628. The highest BCUT2D eigenvalue weighted by atomic mass is 16.5. The normalized spacial score (nSPS) is 10.6. The van der Waals surface area contributed by atoms with Crippen LogP contribution in [0.15, 0.2) is 30.5 Å². The first-order valence-corrected chi connectivity index (χ1v) is 4.26. The second-order valence-electron chi connectivity index (χ2n) is 2.55. The average molecular weight is 178 g/mol. The van der Waals surface area contributed by atoms with Crippen LogP contribution >= 0.6 is 0 Å². The predicted molar refractivity (Wildman–Crippen MR) is 52.4 cm³/mol. The first-order valence-electron chi connectivity index (χ1n) is 4.26. The molecule has 0 fully saturated rings. The van der Waals surface area contributed by atoms with Crippen LogP contribution in [-0.4, -0.2) is 11.6 Å². The topological polar surface area (TPSA) is 48.1 Å². The van der Waals surface area contributed by atoms with E-state index in [1.165, 1.54) is 0 Å². The molecule has 0 spiro atoms. The monoisotopic (exact) mass is 178 g/mol. The molecule has 1 aromatic rings. The molecule has 3 heteroatoms. The molecule has 0 bridgehead atoms. The predicted octanol–water partition coefficient (Wildman–Crippen LogP) is 1.50. The Morgan fingerprint density at radius 3 is 3.15 bits per heavy atom. The molecule has 0 radical (unpaired) electrons. The van der Waals surface area contributed by atoms with Crippen LogP contribution in [0.25, 0.3) is 0 Å². The lowest BCUT2D eigenvalue weighted by atomic mass is 10.3. The number of ether oxygens (including phenoxy) is 1. The Balaban J connectivity index is 2.64. The Morgan fingerprint density at radius 2 is 2.46 bits per heavy atom. The van der Waals surface area contributed by atoms with Gasteiger partial charge in [0.15, 0.2) is 0 Å². The van der Waals surface area contributed by atoms with E-state index in [-0.39, 0.29) is 0 Å². The van der Waals surface area contributed by atoms with E-state index in [2.05, 4.69) is 4.98 Å². The van der Waals surface area contributed by atoms with Crippen molar-refractivity contribution in [3.05, 3.63) is 36.0 Å². The van der Waals surface area contributed by atoms with Crippen molar-refractivity contribution in [3.63, 3.8) is 0 Å². The molecule has 0 unspecified atom stereocenters. The van der Waals surface area contributed by atoms with Gasteiger partial charge < -0.3 is 10.5 Å². The maximum absolute atomic E-state index is 5.52. The summed E-state index contributed by atoms with van der Waals surface area (Å²) in [5, 5.41) is 0. The Morgan fingerprint density at radius 1 is 1.62 bits per heavy atom. The van der Waals surface area contributed by atoms with Gasteiger partial charge in [0.1, 0.15) is 6.61 Å². The van der Waals surface area contributed by atoms with E-state index < -0.39 is 0 Å². The van der Waals surface area contributed by atoms with E-state index >= 15 is 0 Å². The Kier molecular flexibility index (Phi) is 3.99.